The number of carboxylic acid groups (broad SMARTS) is 1. The second kappa shape index (κ2) is 6.69. The lowest BCUT2D eigenvalue weighted by atomic mass is 9.82. The molecule has 1 fully saturated rings. The van der Waals surface area contributed by atoms with Gasteiger partial charge in [0.05, 0.1) is 17.3 Å². The molecule has 2 rings (SSSR count). The van der Waals surface area contributed by atoms with E-state index < -0.39 is 48.4 Å². The van der Waals surface area contributed by atoms with Gasteiger partial charge in [0, 0.05) is 13.1 Å². The third kappa shape index (κ3) is 3.80. The number of nitrogens with zero attached hydrogens (tertiary/aromatic N) is 1. The normalized spacial score (nSPS) is 21.4. The summed E-state index contributed by atoms with van der Waals surface area (Å²) in [4.78, 5) is 25.0. The first kappa shape index (κ1) is 19.3. The molecule has 0 aromatic heterocycles. The van der Waals surface area contributed by atoms with Crippen molar-refractivity contribution in [2.24, 2.45) is 11.8 Å². The molecule has 0 saturated carbocycles. The highest BCUT2D eigenvalue weighted by Gasteiger charge is 2.54. The van der Waals surface area contributed by atoms with Crippen molar-refractivity contribution in [1.29, 1.82) is 0 Å². The molecule has 0 spiro atoms. The lowest BCUT2D eigenvalue weighted by Crippen LogP contribution is -2.43. The van der Waals surface area contributed by atoms with Gasteiger partial charge < -0.3 is 10.0 Å². The number of carboxylic acids is 1. The number of halogens is 3. The molecule has 0 bridgehead atoms. The summed E-state index contributed by atoms with van der Waals surface area (Å²) in [5.74, 6) is -5.67. The number of carbonyl (C=O) groups is 2. The molecule has 4 nitrogen and oxygen atoms in total. The van der Waals surface area contributed by atoms with Gasteiger partial charge in [-0.3, -0.25) is 9.59 Å². The van der Waals surface area contributed by atoms with E-state index in [1.54, 1.807) is 26.0 Å². The van der Waals surface area contributed by atoms with Crippen LogP contribution in [0.15, 0.2) is 24.3 Å². The Hall–Kier alpha value is -2.05. The first-order valence-electron chi connectivity index (χ1n) is 8.16. The highest BCUT2D eigenvalue weighted by molar-refractivity contribution is 5.88. The molecule has 1 amide bonds. The van der Waals surface area contributed by atoms with E-state index in [1.165, 1.54) is 0 Å². The van der Waals surface area contributed by atoms with E-state index in [4.69, 9.17) is 5.11 Å². The molecular formula is C18H22F3NO3. The van der Waals surface area contributed by atoms with E-state index in [2.05, 4.69) is 0 Å². The Morgan fingerprint density at radius 1 is 1.16 bits per heavy atom. The van der Waals surface area contributed by atoms with Gasteiger partial charge in [0.25, 0.3) is 0 Å². The van der Waals surface area contributed by atoms with Gasteiger partial charge in [0.1, 0.15) is 0 Å². The van der Waals surface area contributed by atoms with Crippen LogP contribution in [-0.4, -0.2) is 41.1 Å². The fraction of sp³-hybridized carbons (Fsp3) is 0.556. The van der Waals surface area contributed by atoms with Crippen LogP contribution in [0.25, 0.3) is 0 Å². The summed E-state index contributed by atoms with van der Waals surface area (Å²) in [5.41, 5.74) is 0.754. The van der Waals surface area contributed by atoms with Crippen LogP contribution >= 0.6 is 0 Å². The Morgan fingerprint density at radius 2 is 1.72 bits per heavy atom. The minimum Gasteiger partial charge on any atom is -0.481 e. The van der Waals surface area contributed by atoms with Gasteiger partial charge in [0.15, 0.2) is 0 Å². The van der Waals surface area contributed by atoms with E-state index in [0.29, 0.717) is 5.56 Å². The molecule has 1 aliphatic rings. The number of aryl methyl sites for hydroxylation is 1. The van der Waals surface area contributed by atoms with Crippen molar-refractivity contribution in [2.75, 3.05) is 13.1 Å². The molecule has 0 aliphatic carbocycles. The Morgan fingerprint density at radius 3 is 2.12 bits per heavy atom. The SMILES string of the molecule is CCc1ccc(C(C)(C)C(=O)N2C[C@@H](C(F)(F)F)[C@H](C(=O)O)C2)cc1. The average molecular weight is 357 g/mol. The molecule has 1 N–H and O–H groups in total. The third-order valence-corrected chi connectivity index (χ3v) is 4.96. The number of aliphatic carboxylic acids is 1. The van der Waals surface area contributed by atoms with Crippen molar-refractivity contribution in [3.63, 3.8) is 0 Å². The molecule has 1 heterocycles. The highest BCUT2D eigenvalue weighted by atomic mass is 19.4. The maximum atomic E-state index is 13.1. The summed E-state index contributed by atoms with van der Waals surface area (Å²) in [6.45, 7) is 4.25. The number of carbonyl (C=O) groups excluding carboxylic acids is 1. The molecule has 2 atom stereocenters. The van der Waals surface area contributed by atoms with Crippen LogP contribution in [-0.2, 0) is 21.4 Å². The maximum absolute atomic E-state index is 13.1. The van der Waals surface area contributed by atoms with Crippen molar-refractivity contribution in [2.45, 2.75) is 38.8 Å². The molecule has 1 aromatic rings. The predicted octanol–water partition coefficient (Wildman–Crippen LogP) is 3.25. The minimum absolute atomic E-state index is 0.422. The summed E-state index contributed by atoms with van der Waals surface area (Å²) in [6.07, 6.45) is -3.81. The summed E-state index contributed by atoms with van der Waals surface area (Å²) < 4.78 is 39.3. The van der Waals surface area contributed by atoms with Crippen LogP contribution < -0.4 is 0 Å². The molecule has 0 unspecified atom stereocenters. The van der Waals surface area contributed by atoms with Gasteiger partial charge in [0.2, 0.25) is 5.91 Å². The molecule has 1 aliphatic heterocycles. The van der Waals surface area contributed by atoms with Crippen LogP contribution in [0.5, 0.6) is 0 Å². The van der Waals surface area contributed by atoms with Crippen LogP contribution in [0.4, 0.5) is 13.2 Å². The second-order valence-electron chi connectivity index (χ2n) is 6.98. The molecule has 1 saturated heterocycles. The monoisotopic (exact) mass is 357 g/mol. The first-order chi connectivity index (χ1) is 11.5. The lowest BCUT2D eigenvalue weighted by Gasteiger charge is -2.30. The molecule has 138 valence electrons. The van der Waals surface area contributed by atoms with Gasteiger partial charge in [-0.15, -0.1) is 0 Å². The molecule has 25 heavy (non-hydrogen) atoms. The van der Waals surface area contributed by atoms with Crippen molar-refractivity contribution >= 4 is 11.9 Å². The third-order valence-electron chi connectivity index (χ3n) is 4.96. The van der Waals surface area contributed by atoms with E-state index >= 15 is 0 Å². The lowest BCUT2D eigenvalue weighted by molar-refractivity contribution is -0.188. The molecule has 0 radical (unpaired) electrons. The van der Waals surface area contributed by atoms with Crippen molar-refractivity contribution in [1.82, 2.24) is 4.90 Å². The number of hydrogen-bond acceptors (Lipinski definition) is 2. The van der Waals surface area contributed by atoms with Crippen molar-refractivity contribution in [3.05, 3.63) is 35.4 Å². The van der Waals surface area contributed by atoms with Gasteiger partial charge in [-0.05, 0) is 31.4 Å². The zero-order valence-electron chi connectivity index (χ0n) is 14.4. The van der Waals surface area contributed by atoms with Crippen LogP contribution in [0.3, 0.4) is 0 Å². The van der Waals surface area contributed by atoms with Crippen LogP contribution in [0.2, 0.25) is 0 Å². The fourth-order valence-corrected chi connectivity index (χ4v) is 3.23. The number of alkyl halides is 3. The van der Waals surface area contributed by atoms with Gasteiger partial charge >= 0.3 is 12.1 Å². The number of amides is 1. The fourth-order valence-electron chi connectivity index (χ4n) is 3.23. The van der Waals surface area contributed by atoms with Gasteiger partial charge in [-0.1, -0.05) is 31.2 Å². The summed E-state index contributed by atoms with van der Waals surface area (Å²) >= 11 is 0. The highest BCUT2D eigenvalue weighted by Crippen LogP contribution is 2.39. The Balaban J connectivity index is 2.25. The largest absolute Gasteiger partial charge is 0.481 e. The molecule has 1 aromatic carbocycles. The Bertz CT molecular complexity index is 653. The summed E-state index contributed by atoms with van der Waals surface area (Å²) in [5, 5.41) is 9.09. The van der Waals surface area contributed by atoms with E-state index in [0.717, 1.165) is 16.9 Å². The summed E-state index contributed by atoms with van der Waals surface area (Å²) in [6, 6.07) is 7.35. The van der Waals surface area contributed by atoms with Crippen LogP contribution in [0, 0.1) is 11.8 Å². The maximum Gasteiger partial charge on any atom is 0.394 e. The van der Waals surface area contributed by atoms with E-state index in [-0.39, 0.29) is 0 Å². The number of benzene rings is 1. The number of hydrogen-bond donors (Lipinski definition) is 1. The minimum atomic E-state index is -4.65. The molecule has 7 heteroatoms. The quantitative estimate of drug-likeness (QED) is 0.900. The van der Waals surface area contributed by atoms with Gasteiger partial charge in [-0.2, -0.15) is 13.2 Å². The Labute approximate surface area is 144 Å². The summed E-state index contributed by atoms with van der Waals surface area (Å²) in [7, 11) is 0. The average Bonchev–Trinajstić information content (AvgIpc) is 3.00. The van der Waals surface area contributed by atoms with Crippen LogP contribution in [0.1, 0.15) is 31.9 Å². The van der Waals surface area contributed by atoms with Crippen molar-refractivity contribution in [3.8, 4) is 0 Å². The predicted molar refractivity (Wildman–Crippen MR) is 86.1 cm³/mol. The number of likely N-dealkylation sites (tertiary alicyclic amines) is 1. The first-order valence-corrected chi connectivity index (χ1v) is 8.16. The van der Waals surface area contributed by atoms with Crippen molar-refractivity contribution < 1.29 is 27.9 Å². The van der Waals surface area contributed by atoms with E-state index in [9.17, 15) is 22.8 Å². The number of rotatable bonds is 4. The second-order valence-corrected chi connectivity index (χ2v) is 6.98. The Kier molecular flexibility index (Phi) is 5.16. The zero-order valence-corrected chi connectivity index (χ0v) is 14.4. The smallest absolute Gasteiger partial charge is 0.394 e. The zero-order chi connectivity index (χ0) is 19.0. The molecular weight excluding hydrogens is 335 g/mol. The standard InChI is InChI=1S/C18H22F3NO3/c1-4-11-5-7-12(8-6-11)17(2,3)16(25)22-9-13(15(23)24)14(10-22)18(19,20)21/h5-8,13-14H,4,9-10H2,1-3H3,(H,23,24)/t13-,14-/m1/s1. The topological polar surface area (TPSA) is 57.6 Å². The van der Waals surface area contributed by atoms with Gasteiger partial charge in [-0.25, -0.2) is 0 Å². The van der Waals surface area contributed by atoms with E-state index in [1.807, 2.05) is 19.1 Å².